The molecule has 1 unspecified atom stereocenters. The number of carbonyl (C=O) groups excluding carboxylic acids is 3. The van der Waals surface area contributed by atoms with Crippen LogP contribution in [0.15, 0.2) is 23.2 Å². The van der Waals surface area contributed by atoms with Gasteiger partial charge in [-0.05, 0) is 30.0 Å². The Hall–Kier alpha value is -2.10. The fourth-order valence-electron chi connectivity index (χ4n) is 2.75. The number of thioether (sulfide) groups is 1. The molecule has 2 aliphatic heterocycles. The van der Waals surface area contributed by atoms with Crippen LogP contribution in [0.4, 0.5) is 10.5 Å². The number of nitrogens with one attached hydrogen (secondary N) is 1. The number of imide groups is 1. The molecule has 0 aliphatic carbocycles. The maximum atomic E-state index is 12.3. The van der Waals surface area contributed by atoms with Gasteiger partial charge in [0.25, 0.3) is 23.0 Å². The highest BCUT2D eigenvalue weighted by Crippen LogP contribution is 2.25. The Morgan fingerprint density at radius 2 is 1.96 bits per heavy atom. The van der Waals surface area contributed by atoms with Crippen molar-refractivity contribution >= 4 is 69.5 Å². The van der Waals surface area contributed by atoms with Gasteiger partial charge in [-0.2, -0.15) is 0 Å². The van der Waals surface area contributed by atoms with Crippen molar-refractivity contribution in [2.24, 2.45) is 4.99 Å². The van der Waals surface area contributed by atoms with Gasteiger partial charge in [0.1, 0.15) is 0 Å². The second-order valence-electron chi connectivity index (χ2n) is 5.94. The van der Waals surface area contributed by atoms with E-state index in [2.05, 4.69) is 10.3 Å². The van der Waals surface area contributed by atoms with Gasteiger partial charge in [0.15, 0.2) is 0 Å². The fourth-order valence-corrected chi connectivity index (χ4v) is 3.84. The van der Waals surface area contributed by atoms with Crippen LogP contribution in [-0.4, -0.2) is 76.2 Å². The molecule has 2 aliphatic rings. The second-order valence-corrected chi connectivity index (χ2v) is 7.69. The lowest BCUT2D eigenvalue weighted by Crippen LogP contribution is -2.59. The third-order valence-corrected chi connectivity index (χ3v) is 5.92. The van der Waals surface area contributed by atoms with E-state index in [0.29, 0.717) is 26.7 Å². The highest BCUT2D eigenvalue weighted by molar-refractivity contribution is 8.14. The number of anilines is 1. The van der Waals surface area contributed by atoms with Crippen molar-refractivity contribution in [2.45, 2.75) is 6.04 Å². The zero-order chi connectivity index (χ0) is 19.9. The molecule has 0 spiro atoms. The summed E-state index contributed by atoms with van der Waals surface area (Å²) in [6.07, 6.45) is 0. The summed E-state index contributed by atoms with van der Waals surface area (Å²) in [5.41, 5.74) is 0.530. The molecule has 0 bridgehead atoms. The molecule has 0 saturated carbocycles. The van der Waals surface area contributed by atoms with Crippen LogP contribution in [0.2, 0.25) is 10.0 Å². The molecule has 4 amide bonds. The second kappa shape index (κ2) is 7.49. The number of amidine groups is 2. The third-order valence-electron chi connectivity index (χ3n) is 4.13. The summed E-state index contributed by atoms with van der Waals surface area (Å²) in [5, 5.41) is 3.96. The molecule has 1 fully saturated rings. The molecule has 11 heteroatoms. The standard InChI is InChI=1S/C16H15Cl2N5O3S/c1-21-13-12(14(25)23(3)16(26)22(13)2)20-15(21)27-7-11(24)19-8-4-5-9(17)10(18)6-8/h4-6,12H,7H2,1-3H3/p+1. The maximum Gasteiger partial charge on any atom is 0.388 e. The van der Waals surface area contributed by atoms with Gasteiger partial charge in [0.05, 0.1) is 29.9 Å². The van der Waals surface area contributed by atoms with E-state index >= 15 is 0 Å². The fraction of sp³-hybridized carbons (Fsp3) is 0.312. The van der Waals surface area contributed by atoms with Crippen LogP contribution in [-0.2, 0) is 9.59 Å². The minimum absolute atomic E-state index is 0.0745. The molecule has 1 saturated heterocycles. The highest BCUT2D eigenvalue weighted by Gasteiger charge is 2.51. The summed E-state index contributed by atoms with van der Waals surface area (Å²) in [5.74, 6) is -0.0981. The molecule has 1 N–H and O–H groups in total. The lowest BCUT2D eigenvalue weighted by atomic mass is 10.2. The molecule has 1 atom stereocenters. The van der Waals surface area contributed by atoms with Crippen molar-refractivity contribution in [3.8, 4) is 0 Å². The van der Waals surface area contributed by atoms with E-state index in [4.69, 9.17) is 23.2 Å². The number of aliphatic imine (C=N–C) groups is 1. The first-order valence-electron chi connectivity index (χ1n) is 7.82. The summed E-state index contributed by atoms with van der Waals surface area (Å²) < 4.78 is 1.66. The Kier molecular flexibility index (Phi) is 5.45. The van der Waals surface area contributed by atoms with E-state index in [-0.39, 0.29) is 11.7 Å². The number of likely N-dealkylation sites (N-methyl/N-ethyl adjacent to an activating group) is 2. The predicted octanol–water partition coefficient (Wildman–Crippen LogP) is 1.97. The van der Waals surface area contributed by atoms with Crippen LogP contribution in [0.1, 0.15) is 0 Å². The van der Waals surface area contributed by atoms with Crippen LogP contribution in [0, 0.1) is 0 Å². The van der Waals surface area contributed by atoms with Crippen molar-refractivity contribution in [2.75, 3.05) is 32.2 Å². The average molecular weight is 429 g/mol. The number of hydrogen-bond donors (Lipinski definition) is 1. The highest BCUT2D eigenvalue weighted by atomic mass is 35.5. The summed E-state index contributed by atoms with van der Waals surface area (Å²) in [6, 6.07) is 3.61. The Morgan fingerprint density at radius 3 is 2.63 bits per heavy atom. The first-order chi connectivity index (χ1) is 12.7. The van der Waals surface area contributed by atoms with E-state index in [1.807, 2.05) is 0 Å². The molecule has 0 aromatic heterocycles. The van der Waals surface area contributed by atoms with Gasteiger partial charge >= 0.3 is 6.03 Å². The summed E-state index contributed by atoms with van der Waals surface area (Å²) >= 11 is 13.0. The van der Waals surface area contributed by atoms with Gasteiger partial charge in [0, 0.05) is 12.7 Å². The summed E-state index contributed by atoms with van der Waals surface area (Å²) in [6.45, 7) is 0. The number of benzene rings is 1. The zero-order valence-corrected chi connectivity index (χ0v) is 17.0. The Bertz CT molecular complexity index is 917. The number of urea groups is 1. The maximum absolute atomic E-state index is 12.3. The van der Waals surface area contributed by atoms with Crippen molar-refractivity contribution in [3.63, 3.8) is 0 Å². The molecule has 1 aromatic carbocycles. The summed E-state index contributed by atoms with van der Waals surface area (Å²) in [4.78, 5) is 43.4. The van der Waals surface area contributed by atoms with Crippen LogP contribution in [0.5, 0.6) is 0 Å². The van der Waals surface area contributed by atoms with E-state index in [0.717, 1.165) is 4.90 Å². The van der Waals surface area contributed by atoms with Crippen molar-refractivity contribution in [3.05, 3.63) is 28.2 Å². The molecule has 142 valence electrons. The van der Waals surface area contributed by atoms with E-state index < -0.39 is 18.0 Å². The number of carbonyl (C=O) groups is 3. The minimum Gasteiger partial charge on any atom is -0.325 e. The molecule has 2 heterocycles. The molecular formula is C16H16Cl2N5O3S+. The molecular weight excluding hydrogens is 413 g/mol. The molecule has 0 radical (unpaired) electrons. The van der Waals surface area contributed by atoms with Gasteiger partial charge in [-0.25, -0.2) is 14.3 Å². The Labute approximate surface area is 169 Å². The number of nitrogens with zero attached hydrogens (tertiary/aromatic N) is 4. The van der Waals surface area contributed by atoms with Crippen molar-refractivity contribution < 1.29 is 19.0 Å². The van der Waals surface area contributed by atoms with Gasteiger partial charge in [-0.3, -0.25) is 14.5 Å². The molecule has 27 heavy (non-hydrogen) atoms. The van der Waals surface area contributed by atoms with Crippen LogP contribution < -0.4 is 5.32 Å². The van der Waals surface area contributed by atoms with E-state index in [1.54, 1.807) is 36.9 Å². The SMILES string of the molecule is CN1C(=O)C2N=C(SCC(=O)Nc3ccc(Cl)c(Cl)c3)[N+](C)=C2N(C)C1=O. The third kappa shape index (κ3) is 3.67. The first-order valence-corrected chi connectivity index (χ1v) is 9.56. The monoisotopic (exact) mass is 428 g/mol. The molecule has 8 nitrogen and oxygen atoms in total. The average Bonchev–Trinajstić information content (AvgIpc) is 2.96. The van der Waals surface area contributed by atoms with Crippen molar-refractivity contribution in [1.82, 2.24) is 9.80 Å². The van der Waals surface area contributed by atoms with Gasteiger partial charge in [-0.15, -0.1) is 4.99 Å². The Morgan fingerprint density at radius 1 is 1.26 bits per heavy atom. The normalized spacial score (nSPS) is 19.4. The number of hydrogen-bond acceptors (Lipinski definition) is 5. The quantitative estimate of drug-likeness (QED) is 0.745. The smallest absolute Gasteiger partial charge is 0.325 e. The Balaban J connectivity index is 1.68. The minimum atomic E-state index is -0.775. The molecule has 3 rings (SSSR count). The number of halogens is 2. The lowest BCUT2D eigenvalue weighted by molar-refractivity contribution is -0.367. The predicted molar refractivity (Wildman–Crippen MR) is 106 cm³/mol. The van der Waals surface area contributed by atoms with Crippen LogP contribution in [0.3, 0.4) is 0 Å². The largest absolute Gasteiger partial charge is 0.388 e. The summed E-state index contributed by atoms with van der Waals surface area (Å²) in [7, 11) is 4.72. The van der Waals surface area contributed by atoms with Gasteiger partial charge < -0.3 is 5.32 Å². The van der Waals surface area contributed by atoms with Crippen molar-refractivity contribution in [1.29, 1.82) is 0 Å². The van der Waals surface area contributed by atoms with E-state index in [9.17, 15) is 14.4 Å². The number of amides is 4. The van der Waals surface area contributed by atoms with E-state index in [1.165, 1.54) is 23.7 Å². The van der Waals surface area contributed by atoms with Gasteiger partial charge in [-0.1, -0.05) is 23.2 Å². The van der Waals surface area contributed by atoms with Gasteiger partial charge in [0.2, 0.25) is 5.91 Å². The van der Waals surface area contributed by atoms with Crippen LogP contribution >= 0.6 is 35.0 Å². The first kappa shape index (κ1) is 19.7. The molecule has 1 aromatic rings. The topological polar surface area (TPSA) is 85.1 Å². The van der Waals surface area contributed by atoms with Crippen LogP contribution in [0.25, 0.3) is 0 Å². The lowest BCUT2D eigenvalue weighted by Gasteiger charge is -2.27. The number of fused-ring (bicyclic) bond motifs is 1. The number of rotatable bonds is 3. The zero-order valence-electron chi connectivity index (χ0n) is 14.7.